The molecule has 0 unspecified atom stereocenters. The molecular weight excluding hydrogens is 376 g/mol. The van der Waals surface area contributed by atoms with Gasteiger partial charge in [-0.2, -0.15) is 10.5 Å². The quantitative estimate of drug-likeness (QED) is 0.381. The average molecular weight is 392 g/mol. The summed E-state index contributed by atoms with van der Waals surface area (Å²) in [6, 6.07) is 14.0. The van der Waals surface area contributed by atoms with Crippen molar-refractivity contribution in [1.29, 1.82) is 10.5 Å². The van der Waals surface area contributed by atoms with E-state index in [0.717, 1.165) is 6.42 Å². The SMILES string of the molecule is CCCCOC(=O)c1ccc2c(c1)S(=O)(=O)c1ccccc1C2=C(C#N)C#N. The first-order chi connectivity index (χ1) is 13.5. The van der Waals surface area contributed by atoms with Gasteiger partial charge in [-0.3, -0.25) is 0 Å². The first kappa shape index (κ1) is 19.3. The normalized spacial score (nSPS) is 13.5. The van der Waals surface area contributed by atoms with Crippen LogP contribution >= 0.6 is 0 Å². The van der Waals surface area contributed by atoms with Gasteiger partial charge in [-0.1, -0.05) is 37.6 Å². The Morgan fingerprint density at radius 3 is 2.39 bits per heavy atom. The number of benzene rings is 2. The lowest BCUT2D eigenvalue weighted by molar-refractivity contribution is 0.0499. The van der Waals surface area contributed by atoms with E-state index in [1.807, 2.05) is 19.1 Å². The lowest BCUT2D eigenvalue weighted by Crippen LogP contribution is -2.16. The summed E-state index contributed by atoms with van der Waals surface area (Å²) in [4.78, 5) is 12.1. The molecule has 28 heavy (non-hydrogen) atoms. The largest absolute Gasteiger partial charge is 0.462 e. The maximum Gasteiger partial charge on any atom is 0.338 e. The number of unbranched alkanes of at least 4 members (excludes halogenated alkanes) is 1. The zero-order valence-electron chi connectivity index (χ0n) is 15.1. The molecule has 0 spiro atoms. The second-order valence-electron chi connectivity index (χ2n) is 6.17. The number of sulfone groups is 1. The summed E-state index contributed by atoms with van der Waals surface area (Å²) in [5.74, 6) is -0.614. The third kappa shape index (κ3) is 3.17. The predicted molar refractivity (Wildman–Crippen MR) is 101 cm³/mol. The standard InChI is InChI=1S/C21H16N2O4S/c1-2-3-10-27-21(24)14-8-9-17-19(11-14)28(25,26)18-7-5-4-6-16(18)20(17)15(12-22)13-23/h4-9,11H,2-3,10H2,1H3. The van der Waals surface area contributed by atoms with Crippen LogP contribution in [0.5, 0.6) is 0 Å². The Kier molecular flexibility index (Phi) is 5.30. The van der Waals surface area contributed by atoms with E-state index in [1.165, 1.54) is 24.3 Å². The van der Waals surface area contributed by atoms with Gasteiger partial charge in [-0.05, 0) is 24.6 Å². The van der Waals surface area contributed by atoms with E-state index in [0.29, 0.717) is 12.0 Å². The maximum absolute atomic E-state index is 13.1. The van der Waals surface area contributed by atoms with Crippen LogP contribution in [0.1, 0.15) is 41.3 Å². The number of rotatable bonds is 4. The molecule has 2 aromatic carbocycles. The fourth-order valence-electron chi connectivity index (χ4n) is 3.05. The van der Waals surface area contributed by atoms with Crippen LogP contribution in [0.2, 0.25) is 0 Å². The Morgan fingerprint density at radius 2 is 1.71 bits per heavy atom. The number of allylic oxidation sites excluding steroid dienone is 1. The van der Waals surface area contributed by atoms with E-state index in [9.17, 15) is 23.7 Å². The molecule has 6 nitrogen and oxygen atoms in total. The van der Waals surface area contributed by atoms with Gasteiger partial charge in [-0.25, -0.2) is 13.2 Å². The van der Waals surface area contributed by atoms with Gasteiger partial charge in [-0.15, -0.1) is 0 Å². The molecule has 7 heteroatoms. The van der Waals surface area contributed by atoms with Gasteiger partial charge in [0.15, 0.2) is 0 Å². The highest BCUT2D eigenvalue weighted by atomic mass is 32.2. The molecule has 3 rings (SSSR count). The molecule has 0 aliphatic carbocycles. The second-order valence-corrected chi connectivity index (χ2v) is 8.06. The van der Waals surface area contributed by atoms with Gasteiger partial charge in [0.05, 0.1) is 22.0 Å². The third-order valence-corrected chi connectivity index (χ3v) is 6.28. The summed E-state index contributed by atoms with van der Waals surface area (Å²) in [6.45, 7) is 2.22. The number of hydrogen-bond donors (Lipinski definition) is 0. The van der Waals surface area contributed by atoms with Crippen LogP contribution in [-0.4, -0.2) is 21.0 Å². The highest BCUT2D eigenvalue weighted by Crippen LogP contribution is 2.42. The minimum Gasteiger partial charge on any atom is -0.462 e. The Bertz CT molecular complexity index is 1170. The number of carbonyl (C=O) groups is 1. The van der Waals surface area contributed by atoms with Crippen molar-refractivity contribution in [2.45, 2.75) is 29.6 Å². The molecule has 0 atom stereocenters. The molecule has 0 saturated carbocycles. The van der Waals surface area contributed by atoms with Gasteiger partial charge >= 0.3 is 5.97 Å². The summed E-state index contributed by atoms with van der Waals surface area (Å²) in [5, 5.41) is 18.7. The van der Waals surface area contributed by atoms with Crippen LogP contribution in [0.25, 0.3) is 5.57 Å². The number of ether oxygens (including phenoxy) is 1. The Morgan fingerprint density at radius 1 is 1.04 bits per heavy atom. The van der Waals surface area contributed by atoms with Crippen LogP contribution in [0.4, 0.5) is 0 Å². The average Bonchev–Trinajstić information content (AvgIpc) is 2.71. The Labute approximate surface area is 163 Å². The van der Waals surface area contributed by atoms with Gasteiger partial charge < -0.3 is 4.74 Å². The topological polar surface area (TPSA) is 108 Å². The summed E-state index contributed by atoms with van der Waals surface area (Å²) in [7, 11) is -3.93. The van der Waals surface area contributed by atoms with Crippen molar-refractivity contribution in [3.63, 3.8) is 0 Å². The highest BCUT2D eigenvalue weighted by Gasteiger charge is 2.34. The fraction of sp³-hybridized carbons (Fsp3) is 0.190. The van der Waals surface area contributed by atoms with Gasteiger partial charge in [0, 0.05) is 16.7 Å². The van der Waals surface area contributed by atoms with E-state index in [4.69, 9.17) is 4.74 Å². The molecule has 0 amide bonds. The minimum atomic E-state index is -3.93. The van der Waals surface area contributed by atoms with Crippen molar-refractivity contribution in [2.24, 2.45) is 0 Å². The first-order valence-corrected chi connectivity index (χ1v) is 10.1. The molecule has 0 aromatic heterocycles. The third-order valence-electron chi connectivity index (χ3n) is 4.43. The summed E-state index contributed by atoms with van der Waals surface area (Å²) in [5.41, 5.74) is 0.680. The first-order valence-electron chi connectivity index (χ1n) is 8.66. The molecule has 1 aliphatic rings. The Hall–Kier alpha value is -3.42. The zero-order chi connectivity index (χ0) is 20.3. The minimum absolute atomic E-state index is 0.00278. The predicted octanol–water partition coefficient (Wildman–Crippen LogP) is 3.64. The monoisotopic (exact) mass is 392 g/mol. The number of carbonyl (C=O) groups excluding carboxylic acids is 1. The maximum atomic E-state index is 13.1. The molecule has 140 valence electrons. The lowest BCUT2D eigenvalue weighted by Gasteiger charge is -2.23. The molecule has 1 heterocycles. The van der Waals surface area contributed by atoms with Crippen molar-refractivity contribution >= 4 is 21.4 Å². The van der Waals surface area contributed by atoms with E-state index < -0.39 is 15.8 Å². The molecule has 0 N–H and O–H groups in total. The molecule has 0 bridgehead atoms. The van der Waals surface area contributed by atoms with E-state index in [2.05, 4.69) is 0 Å². The van der Waals surface area contributed by atoms with Crippen molar-refractivity contribution in [2.75, 3.05) is 6.61 Å². The molecular formula is C21H16N2O4S. The van der Waals surface area contributed by atoms with Crippen molar-refractivity contribution in [1.82, 2.24) is 0 Å². The van der Waals surface area contributed by atoms with Crippen LogP contribution in [0.3, 0.4) is 0 Å². The van der Waals surface area contributed by atoms with E-state index in [1.54, 1.807) is 18.2 Å². The zero-order valence-corrected chi connectivity index (χ0v) is 15.9. The number of nitriles is 2. The van der Waals surface area contributed by atoms with Crippen LogP contribution in [-0.2, 0) is 14.6 Å². The van der Waals surface area contributed by atoms with Crippen molar-refractivity contribution < 1.29 is 17.9 Å². The smallest absolute Gasteiger partial charge is 0.338 e. The van der Waals surface area contributed by atoms with Crippen LogP contribution in [0.15, 0.2) is 57.8 Å². The summed E-state index contributed by atoms with van der Waals surface area (Å²) in [6.07, 6.45) is 1.57. The summed E-state index contributed by atoms with van der Waals surface area (Å²) < 4.78 is 31.4. The lowest BCUT2D eigenvalue weighted by atomic mass is 9.92. The Balaban J connectivity index is 2.24. The summed E-state index contributed by atoms with van der Waals surface area (Å²) >= 11 is 0. The van der Waals surface area contributed by atoms with Crippen molar-refractivity contribution in [3.8, 4) is 12.1 Å². The van der Waals surface area contributed by atoms with Gasteiger partial charge in [0.2, 0.25) is 9.84 Å². The molecule has 0 fully saturated rings. The molecule has 0 saturated heterocycles. The fourth-order valence-corrected chi connectivity index (χ4v) is 4.74. The van der Waals surface area contributed by atoms with Gasteiger partial charge in [0.1, 0.15) is 17.7 Å². The molecule has 1 aliphatic heterocycles. The van der Waals surface area contributed by atoms with E-state index >= 15 is 0 Å². The molecule has 2 aromatic rings. The van der Waals surface area contributed by atoms with Crippen LogP contribution < -0.4 is 0 Å². The number of hydrogen-bond acceptors (Lipinski definition) is 6. The van der Waals surface area contributed by atoms with Gasteiger partial charge in [0.25, 0.3) is 0 Å². The van der Waals surface area contributed by atoms with E-state index in [-0.39, 0.29) is 38.7 Å². The van der Waals surface area contributed by atoms with Crippen molar-refractivity contribution in [3.05, 3.63) is 64.7 Å². The highest BCUT2D eigenvalue weighted by molar-refractivity contribution is 7.91. The number of esters is 1. The second kappa shape index (κ2) is 7.67. The van der Waals surface area contributed by atoms with Crippen LogP contribution in [0, 0.1) is 22.7 Å². The molecule has 0 radical (unpaired) electrons. The number of fused-ring (bicyclic) bond motifs is 2. The number of nitrogens with zero attached hydrogens (tertiary/aromatic N) is 2.